The summed E-state index contributed by atoms with van der Waals surface area (Å²) < 4.78 is 23.0. The number of alkyl halides is 2. The molecule has 4 aromatic rings. The number of benzene rings is 4. The number of rotatable bonds is 19. The van der Waals surface area contributed by atoms with E-state index in [2.05, 4.69) is 4.90 Å². The van der Waals surface area contributed by atoms with Crippen molar-refractivity contribution in [1.82, 2.24) is 14.7 Å². The van der Waals surface area contributed by atoms with Crippen molar-refractivity contribution in [2.75, 3.05) is 74.9 Å². The molecule has 0 saturated heterocycles. The SMILES string of the molecule is CN(CCCCCCN1C(=O)C=CC1=O)CCN(C)C(=O)Oc1cc2c(c3ccccc13)C(CCl)CN2C(=O)CCCC(=O)N1C[C@@H](CCl)c2c1cc(OP(=O)(O)O)c1ccccc21. The second-order valence-corrected chi connectivity index (χ2v) is 18.3. The van der Waals surface area contributed by atoms with Crippen LogP contribution in [0.3, 0.4) is 0 Å². The number of carbonyl (C=O) groups is 5. The molecule has 5 amide bonds. The van der Waals surface area contributed by atoms with Gasteiger partial charge in [-0.2, -0.15) is 0 Å². The van der Waals surface area contributed by atoms with Gasteiger partial charge in [-0.15, -0.1) is 23.2 Å². The molecule has 2 atom stereocenters. The molecule has 340 valence electrons. The average molecular weight is 937 g/mol. The Kier molecular flexibility index (Phi) is 15.0. The van der Waals surface area contributed by atoms with E-state index in [9.17, 15) is 38.3 Å². The number of anilines is 2. The maximum absolute atomic E-state index is 14.0. The van der Waals surface area contributed by atoms with Crippen LogP contribution in [0.25, 0.3) is 21.5 Å². The lowest BCUT2D eigenvalue weighted by atomic mass is 9.95. The first-order valence-corrected chi connectivity index (χ1v) is 24.0. The van der Waals surface area contributed by atoms with Crippen molar-refractivity contribution < 1.29 is 47.6 Å². The van der Waals surface area contributed by atoms with Gasteiger partial charge in [-0.25, -0.2) is 9.36 Å². The Bertz CT molecular complexity index is 2520. The number of hydrogen-bond donors (Lipinski definition) is 2. The molecule has 1 unspecified atom stereocenters. The van der Waals surface area contributed by atoms with Gasteiger partial charge in [0.1, 0.15) is 11.5 Å². The van der Waals surface area contributed by atoms with Gasteiger partial charge in [-0.3, -0.25) is 33.9 Å². The number of hydrogen-bond acceptors (Lipinski definition) is 9. The van der Waals surface area contributed by atoms with Crippen LogP contribution in [0, 0.1) is 0 Å². The van der Waals surface area contributed by atoms with Gasteiger partial charge in [0.2, 0.25) is 11.8 Å². The van der Waals surface area contributed by atoms with Crippen LogP contribution in [-0.4, -0.2) is 119 Å². The molecule has 7 rings (SSSR count). The Labute approximate surface area is 381 Å². The number of phosphoric ester groups is 1. The Hall–Kier alpha value is -5.02. The number of likely N-dealkylation sites (N-methyl/N-ethyl adjacent to an activating group) is 2. The van der Waals surface area contributed by atoms with E-state index in [1.54, 1.807) is 41.1 Å². The van der Waals surface area contributed by atoms with Crippen LogP contribution in [0.4, 0.5) is 16.2 Å². The second-order valence-electron chi connectivity index (χ2n) is 16.5. The summed E-state index contributed by atoms with van der Waals surface area (Å²) in [5, 5.41) is 2.72. The van der Waals surface area contributed by atoms with E-state index >= 15 is 0 Å². The molecule has 0 aliphatic carbocycles. The van der Waals surface area contributed by atoms with Crippen molar-refractivity contribution in [3.8, 4) is 11.5 Å². The molecule has 64 heavy (non-hydrogen) atoms. The first-order chi connectivity index (χ1) is 30.7. The number of halogens is 2. The zero-order valence-corrected chi connectivity index (χ0v) is 38.2. The molecular formula is C46H52Cl2N5O10P. The van der Waals surface area contributed by atoms with Crippen molar-refractivity contribution in [1.29, 1.82) is 0 Å². The van der Waals surface area contributed by atoms with Crippen LogP contribution in [0.1, 0.15) is 67.9 Å². The van der Waals surface area contributed by atoms with Crippen molar-refractivity contribution >= 4 is 93.7 Å². The van der Waals surface area contributed by atoms with Crippen LogP contribution in [0.15, 0.2) is 72.8 Å². The van der Waals surface area contributed by atoms with Crippen LogP contribution >= 0.6 is 31.0 Å². The summed E-state index contributed by atoms with van der Waals surface area (Å²) in [5.74, 6) is -0.677. The van der Waals surface area contributed by atoms with Crippen LogP contribution in [0.2, 0.25) is 0 Å². The molecule has 3 heterocycles. The summed E-state index contributed by atoms with van der Waals surface area (Å²) in [6.07, 6.45) is 5.87. The molecule has 0 fully saturated rings. The number of unbranched alkanes of at least 4 members (excludes halogenated alkanes) is 3. The number of nitrogens with zero attached hydrogens (tertiary/aromatic N) is 5. The van der Waals surface area contributed by atoms with E-state index in [4.69, 9.17) is 32.5 Å². The second kappa shape index (κ2) is 20.4. The Morgan fingerprint density at radius 3 is 1.73 bits per heavy atom. The van der Waals surface area contributed by atoms with E-state index in [0.717, 1.165) is 48.7 Å². The van der Waals surface area contributed by atoms with E-state index < -0.39 is 13.9 Å². The van der Waals surface area contributed by atoms with Gasteiger partial charge in [0.25, 0.3) is 11.8 Å². The van der Waals surface area contributed by atoms with Gasteiger partial charge in [0, 0.05) is 111 Å². The third kappa shape index (κ3) is 10.4. The fourth-order valence-corrected chi connectivity index (χ4v) is 9.76. The molecule has 0 aromatic heterocycles. The number of carbonyl (C=O) groups excluding carboxylic acids is 5. The highest BCUT2D eigenvalue weighted by molar-refractivity contribution is 7.46. The molecule has 2 N–H and O–H groups in total. The van der Waals surface area contributed by atoms with Gasteiger partial charge in [0.15, 0.2) is 0 Å². The standard InChI is InChI=1S/C46H52Cl2N5O10P/c1-49(20-9-3-4-10-21-51-42(56)18-19-43(51)57)22-23-50(2)46(58)62-38-24-36-44(34-14-7-5-12-32(34)38)30(26-47)28-52(36)40(54)16-11-17-41(55)53-29-31(27-48)45-35-15-8-6-13-33(35)39(25-37(45)53)63-64(59,60)61/h5-8,12-15,18-19,24-25,30-31H,3-4,9-11,16-17,20-23,26-29H2,1-2H3,(H2,59,60,61)/t30?,31-/m1/s1. The minimum Gasteiger partial charge on any atom is -0.409 e. The molecule has 3 aliphatic rings. The van der Waals surface area contributed by atoms with E-state index in [-0.39, 0.29) is 78.8 Å². The lowest BCUT2D eigenvalue weighted by Crippen LogP contribution is -2.36. The van der Waals surface area contributed by atoms with Crippen molar-refractivity contribution in [3.05, 3.63) is 83.9 Å². The fourth-order valence-electron chi connectivity index (χ4n) is 8.85. The first-order valence-electron chi connectivity index (χ1n) is 21.4. The lowest BCUT2D eigenvalue weighted by Gasteiger charge is -2.23. The average Bonchev–Trinajstić information content (AvgIpc) is 3.95. The molecular weight excluding hydrogens is 884 g/mol. The summed E-state index contributed by atoms with van der Waals surface area (Å²) in [6.45, 7) is 2.85. The summed E-state index contributed by atoms with van der Waals surface area (Å²) in [4.78, 5) is 92.2. The highest BCUT2D eigenvalue weighted by Crippen LogP contribution is 2.50. The minimum absolute atomic E-state index is 0.0206. The van der Waals surface area contributed by atoms with E-state index in [1.807, 2.05) is 37.4 Å². The van der Waals surface area contributed by atoms with Gasteiger partial charge in [0.05, 0.1) is 11.4 Å². The molecule has 15 nitrogen and oxygen atoms in total. The smallest absolute Gasteiger partial charge is 0.409 e. The number of phosphoric acid groups is 1. The first kappa shape index (κ1) is 47.0. The predicted octanol–water partition coefficient (Wildman–Crippen LogP) is 7.52. The molecule has 18 heteroatoms. The zero-order valence-electron chi connectivity index (χ0n) is 35.8. The van der Waals surface area contributed by atoms with Crippen molar-refractivity contribution in [3.63, 3.8) is 0 Å². The van der Waals surface area contributed by atoms with Crippen LogP contribution in [-0.2, 0) is 23.7 Å². The van der Waals surface area contributed by atoms with Gasteiger partial charge < -0.3 is 28.9 Å². The van der Waals surface area contributed by atoms with Crippen LogP contribution in [0.5, 0.6) is 11.5 Å². The normalized spacial score (nSPS) is 17.0. The van der Waals surface area contributed by atoms with Gasteiger partial charge in [-0.05, 0) is 54.8 Å². The van der Waals surface area contributed by atoms with E-state index in [1.165, 1.54) is 28.0 Å². The molecule has 0 spiro atoms. The number of imide groups is 1. The zero-order chi connectivity index (χ0) is 45.7. The van der Waals surface area contributed by atoms with Crippen LogP contribution < -0.4 is 19.1 Å². The Morgan fingerprint density at radius 2 is 1.20 bits per heavy atom. The van der Waals surface area contributed by atoms with Crippen molar-refractivity contribution in [2.24, 2.45) is 0 Å². The van der Waals surface area contributed by atoms with Crippen molar-refractivity contribution in [2.45, 2.75) is 56.8 Å². The molecule has 0 bridgehead atoms. The van der Waals surface area contributed by atoms with Gasteiger partial charge in [-0.1, -0.05) is 61.4 Å². The number of ether oxygens (including phenoxy) is 1. The quantitative estimate of drug-likeness (QED) is 0.0412. The largest absolute Gasteiger partial charge is 0.524 e. The molecule has 4 aromatic carbocycles. The number of fused-ring (bicyclic) bond motifs is 6. The maximum Gasteiger partial charge on any atom is 0.524 e. The number of amides is 5. The molecule has 0 saturated carbocycles. The molecule has 3 aliphatic heterocycles. The highest BCUT2D eigenvalue weighted by atomic mass is 35.5. The summed E-state index contributed by atoms with van der Waals surface area (Å²) >= 11 is 12.9. The Balaban J connectivity index is 0.967. The van der Waals surface area contributed by atoms with Gasteiger partial charge >= 0.3 is 13.9 Å². The third-order valence-corrected chi connectivity index (χ3v) is 13.3. The van der Waals surface area contributed by atoms with E-state index in [0.29, 0.717) is 59.5 Å². The topological polar surface area (TPSA) is 178 Å². The maximum atomic E-state index is 14.0. The third-order valence-electron chi connectivity index (χ3n) is 12.1. The monoisotopic (exact) mass is 935 g/mol. The lowest BCUT2D eigenvalue weighted by molar-refractivity contribution is -0.137. The molecule has 0 radical (unpaired) electrons. The highest BCUT2D eigenvalue weighted by Gasteiger charge is 2.37. The Morgan fingerprint density at radius 1 is 0.703 bits per heavy atom. The summed E-state index contributed by atoms with van der Waals surface area (Å²) in [7, 11) is -1.25. The summed E-state index contributed by atoms with van der Waals surface area (Å²) in [6, 6.07) is 17.8. The minimum atomic E-state index is -4.92. The summed E-state index contributed by atoms with van der Waals surface area (Å²) in [5.41, 5.74) is 2.75. The predicted molar refractivity (Wildman–Crippen MR) is 247 cm³/mol. The fraction of sp³-hybridized carbons (Fsp3) is 0.413.